The number of hydrogen-bond donors (Lipinski definition) is 3. The van der Waals surface area contributed by atoms with Crippen molar-refractivity contribution < 1.29 is 28.8 Å². The maximum atomic E-state index is 13.8. The first-order valence-corrected chi connectivity index (χ1v) is 10.4. The number of nitrogens with one attached hydrogen (secondary N) is 2. The maximum Gasteiger partial charge on any atom is 0.271 e. The van der Waals surface area contributed by atoms with Crippen molar-refractivity contribution in [2.45, 2.75) is 18.0 Å². The van der Waals surface area contributed by atoms with E-state index in [9.17, 15) is 29.3 Å². The molecule has 2 fully saturated rings. The van der Waals surface area contributed by atoms with Crippen molar-refractivity contribution in [3.8, 4) is 5.75 Å². The van der Waals surface area contributed by atoms with Crippen LogP contribution in [0.3, 0.4) is 0 Å². The van der Waals surface area contributed by atoms with E-state index >= 15 is 0 Å². The lowest BCUT2D eigenvalue weighted by Gasteiger charge is -2.29. The number of carbonyl (C=O) groups excluding carboxylic acids is 4. The van der Waals surface area contributed by atoms with Crippen molar-refractivity contribution in [2.75, 3.05) is 17.3 Å². The lowest BCUT2D eigenvalue weighted by Crippen LogP contribution is -2.53. The van der Waals surface area contributed by atoms with Gasteiger partial charge in [0.15, 0.2) is 0 Å². The van der Waals surface area contributed by atoms with Crippen LogP contribution in [-0.4, -0.2) is 41.7 Å². The fourth-order valence-corrected chi connectivity index (χ4v) is 5.35. The molecule has 2 saturated heterocycles. The summed E-state index contributed by atoms with van der Waals surface area (Å²) >= 11 is 0. The highest BCUT2D eigenvalue weighted by atomic mass is 16.6. The number of nitrogens with zero attached hydrogens (tertiary/aromatic N) is 2. The molecule has 5 rings (SSSR count). The summed E-state index contributed by atoms with van der Waals surface area (Å²) in [5.41, 5.74) is 4.28. The van der Waals surface area contributed by atoms with Crippen LogP contribution in [0, 0.1) is 22.0 Å². The SMILES string of the molecule is COc1ccc([N+](=O)[O-])cc1N1C(=O)[C@H]2[C@H](CC(N)=O)N[C@]3(C(=O)Nc4ccccc43)[C@@H]2C1=O. The first-order valence-electron chi connectivity index (χ1n) is 10.4. The molecule has 0 aromatic heterocycles. The molecule has 0 radical (unpaired) electrons. The van der Waals surface area contributed by atoms with Gasteiger partial charge in [-0.15, -0.1) is 0 Å². The van der Waals surface area contributed by atoms with Crippen LogP contribution in [-0.2, 0) is 24.7 Å². The van der Waals surface area contributed by atoms with Gasteiger partial charge < -0.3 is 15.8 Å². The standard InChI is InChI=1S/C22H19N5O7/c1-34-15-7-6-10(27(32)33)8-14(15)26-19(29)17-13(9-16(23)28)25-22(18(17)20(26)30)11-4-2-3-5-12(11)24-21(22)31/h2-8,13,17-18,25H,9H2,1H3,(H2,23,28)(H,24,31)/t13-,17-,18-,22-/m0/s1. The number of methoxy groups -OCH3 is 1. The Morgan fingerprint density at radius 1 is 1.21 bits per heavy atom. The minimum atomic E-state index is -1.61. The quantitative estimate of drug-likeness (QED) is 0.323. The average molecular weight is 465 g/mol. The zero-order chi connectivity index (χ0) is 24.4. The van der Waals surface area contributed by atoms with Gasteiger partial charge >= 0.3 is 0 Å². The predicted octanol–water partition coefficient (Wildman–Crippen LogP) is 0.404. The third-order valence-corrected chi connectivity index (χ3v) is 6.66. The maximum absolute atomic E-state index is 13.8. The number of amides is 4. The number of nitro benzene ring substituents is 1. The lowest BCUT2D eigenvalue weighted by atomic mass is 9.76. The summed E-state index contributed by atoms with van der Waals surface area (Å²) in [5.74, 6) is -4.95. The molecular formula is C22H19N5O7. The number of nitro groups is 1. The summed E-state index contributed by atoms with van der Waals surface area (Å²) in [4.78, 5) is 64.1. The van der Waals surface area contributed by atoms with Gasteiger partial charge in [0.1, 0.15) is 17.0 Å². The van der Waals surface area contributed by atoms with Crippen molar-refractivity contribution >= 4 is 40.7 Å². The van der Waals surface area contributed by atoms with Crippen molar-refractivity contribution in [1.82, 2.24) is 5.32 Å². The molecule has 0 aliphatic carbocycles. The number of rotatable bonds is 5. The zero-order valence-corrected chi connectivity index (χ0v) is 17.8. The fourth-order valence-electron chi connectivity index (χ4n) is 5.35. The Bertz CT molecular complexity index is 1290. The fraction of sp³-hybridized carbons (Fsp3) is 0.273. The van der Waals surface area contributed by atoms with Crippen LogP contribution in [0.15, 0.2) is 42.5 Å². The number of fused-ring (bicyclic) bond motifs is 4. The van der Waals surface area contributed by atoms with E-state index in [-0.39, 0.29) is 23.5 Å². The van der Waals surface area contributed by atoms with Crippen molar-refractivity contribution in [1.29, 1.82) is 0 Å². The average Bonchev–Trinajstić information content (AvgIpc) is 3.37. The number of ether oxygens (including phenoxy) is 1. The number of carbonyl (C=O) groups is 4. The van der Waals surface area contributed by atoms with Gasteiger partial charge in [-0.3, -0.25) is 34.6 Å². The molecule has 4 N–H and O–H groups in total. The Labute approximate surface area is 192 Å². The predicted molar refractivity (Wildman–Crippen MR) is 117 cm³/mol. The highest BCUT2D eigenvalue weighted by Gasteiger charge is 2.70. The molecule has 4 atom stereocenters. The number of non-ortho nitro benzene ring substituents is 1. The molecule has 12 nitrogen and oxygen atoms in total. The van der Waals surface area contributed by atoms with E-state index in [1.165, 1.54) is 19.2 Å². The number of hydrogen-bond acceptors (Lipinski definition) is 8. The minimum Gasteiger partial charge on any atom is -0.495 e. The second-order valence-corrected chi connectivity index (χ2v) is 8.36. The van der Waals surface area contributed by atoms with Crippen LogP contribution in [0.5, 0.6) is 5.75 Å². The summed E-state index contributed by atoms with van der Waals surface area (Å²) < 4.78 is 5.26. The molecular weight excluding hydrogens is 446 g/mol. The van der Waals surface area contributed by atoms with Crippen LogP contribution in [0.1, 0.15) is 12.0 Å². The van der Waals surface area contributed by atoms with Gasteiger partial charge in [-0.05, 0) is 12.1 Å². The third-order valence-electron chi connectivity index (χ3n) is 6.66. The van der Waals surface area contributed by atoms with E-state index in [1.54, 1.807) is 24.3 Å². The van der Waals surface area contributed by atoms with Gasteiger partial charge in [0.2, 0.25) is 23.6 Å². The number of para-hydroxylation sites is 1. The Hall–Kier alpha value is -4.32. The summed E-state index contributed by atoms with van der Waals surface area (Å²) in [6.45, 7) is 0. The summed E-state index contributed by atoms with van der Waals surface area (Å²) in [5, 5.41) is 17.2. The Morgan fingerprint density at radius 3 is 2.62 bits per heavy atom. The zero-order valence-electron chi connectivity index (χ0n) is 17.8. The van der Waals surface area contributed by atoms with E-state index in [0.29, 0.717) is 11.3 Å². The highest BCUT2D eigenvalue weighted by molar-refractivity contribution is 6.26. The lowest BCUT2D eigenvalue weighted by molar-refractivity contribution is -0.384. The van der Waals surface area contributed by atoms with Crippen LogP contribution in [0.2, 0.25) is 0 Å². The van der Waals surface area contributed by atoms with Crippen molar-refractivity contribution in [3.05, 3.63) is 58.1 Å². The molecule has 2 aromatic rings. The smallest absolute Gasteiger partial charge is 0.271 e. The number of nitrogens with two attached hydrogens (primary N) is 1. The summed E-state index contributed by atoms with van der Waals surface area (Å²) in [6.07, 6.45) is -0.294. The number of anilines is 2. The van der Waals surface area contributed by atoms with Crippen LogP contribution >= 0.6 is 0 Å². The first-order chi connectivity index (χ1) is 16.2. The van der Waals surface area contributed by atoms with E-state index in [1.807, 2.05) is 0 Å². The molecule has 4 amide bonds. The summed E-state index contributed by atoms with van der Waals surface area (Å²) in [6, 6.07) is 9.38. The van der Waals surface area contributed by atoms with E-state index in [2.05, 4.69) is 10.6 Å². The van der Waals surface area contributed by atoms with Gasteiger partial charge in [-0.2, -0.15) is 0 Å². The first kappa shape index (κ1) is 21.5. The largest absolute Gasteiger partial charge is 0.495 e. The van der Waals surface area contributed by atoms with Gasteiger partial charge in [0.05, 0.1) is 23.9 Å². The van der Waals surface area contributed by atoms with Crippen LogP contribution in [0.4, 0.5) is 17.1 Å². The molecule has 34 heavy (non-hydrogen) atoms. The van der Waals surface area contributed by atoms with Crippen LogP contribution in [0.25, 0.3) is 0 Å². The molecule has 3 aliphatic heterocycles. The molecule has 0 saturated carbocycles. The summed E-state index contributed by atoms with van der Waals surface area (Å²) in [7, 11) is 1.30. The molecule has 2 aromatic carbocycles. The highest BCUT2D eigenvalue weighted by Crippen LogP contribution is 2.54. The van der Waals surface area contributed by atoms with Gasteiger partial charge in [-0.25, -0.2) is 4.90 Å². The Balaban J connectivity index is 1.69. The van der Waals surface area contributed by atoms with E-state index in [4.69, 9.17) is 10.5 Å². The second kappa shape index (κ2) is 7.35. The molecule has 174 valence electrons. The van der Waals surface area contributed by atoms with E-state index in [0.717, 1.165) is 11.0 Å². The number of imide groups is 1. The van der Waals surface area contributed by atoms with Gasteiger partial charge in [0, 0.05) is 35.8 Å². The number of benzene rings is 2. The molecule has 3 heterocycles. The molecule has 1 spiro atoms. The normalized spacial score (nSPS) is 27.0. The molecule has 0 unspecified atom stereocenters. The molecule has 0 bridgehead atoms. The van der Waals surface area contributed by atoms with Crippen LogP contribution < -0.4 is 26.0 Å². The molecule has 12 heteroatoms. The van der Waals surface area contributed by atoms with Gasteiger partial charge in [0.25, 0.3) is 5.69 Å². The van der Waals surface area contributed by atoms with E-state index < -0.39 is 52.0 Å². The monoisotopic (exact) mass is 465 g/mol. The number of primary amides is 1. The third kappa shape index (κ3) is 2.75. The molecule has 3 aliphatic rings. The van der Waals surface area contributed by atoms with Gasteiger partial charge in [-0.1, -0.05) is 18.2 Å². The topological polar surface area (TPSA) is 174 Å². The minimum absolute atomic E-state index is 0.0667. The van der Waals surface area contributed by atoms with Crippen molar-refractivity contribution in [2.24, 2.45) is 17.6 Å². The second-order valence-electron chi connectivity index (χ2n) is 8.36. The Kier molecular flexibility index (Phi) is 4.65. The Morgan fingerprint density at radius 2 is 1.94 bits per heavy atom. The van der Waals surface area contributed by atoms with Crippen molar-refractivity contribution in [3.63, 3.8) is 0 Å².